The minimum Gasteiger partial charge on any atom is -0.385 e. The first-order chi connectivity index (χ1) is 8.26. The van der Waals surface area contributed by atoms with Gasteiger partial charge >= 0.3 is 0 Å². The summed E-state index contributed by atoms with van der Waals surface area (Å²) in [7, 11) is 1.67. The van der Waals surface area contributed by atoms with Crippen LogP contribution in [0.2, 0.25) is 0 Å². The normalized spacial score (nSPS) is 10.0. The van der Waals surface area contributed by atoms with Gasteiger partial charge in [-0.25, -0.2) is 0 Å². The molecule has 0 spiro atoms. The van der Waals surface area contributed by atoms with Crippen molar-refractivity contribution in [1.29, 1.82) is 0 Å². The molecule has 0 aliphatic rings. The van der Waals surface area contributed by atoms with Gasteiger partial charge in [-0.1, -0.05) is 25.5 Å². The number of aryl methyl sites for hydroxylation is 1. The number of carbonyl (C=O) groups excluding carboxylic acids is 1. The Morgan fingerprint density at radius 1 is 1.24 bits per heavy atom. The van der Waals surface area contributed by atoms with Crippen LogP contribution in [0, 0.1) is 0 Å². The summed E-state index contributed by atoms with van der Waals surface area (Å²) in [6.07, 6.45) is 3.75. The van der Waals surface area contributed by atoms with Crippen LogP contribution in [0.5, 0.6) is 0 Å². The summed E-state index contributed by atoms with van der Waals surface area (Å²) in [5, 5.41) is 5.93. The average Bonchev–Trinajstić information content (AvgIpc) is 2.36. The Hall–Kier alpha value is -1.51. The summed E-state index contributed by atoms with van der Waals surface area (Å²) in [6, 6.07) is 8.52. The predicted octanol–water partition coefficient (Wildman–Crippen LogP) is 2.58. The number of anilines is 1. The Kier molecular flexibility index (Phi) is 6.15. The maximum Gasteiger partial charge on any atom is 0.219 e. The molecular formula is C14H22N2O. The van der Waals surface area contributed by atoms with E-state index >= 15 is 0 Å². The lowest BCUT2D eigenvalue weighted by molar-refractivity contribution is -0.120. The van der Waals surface area contributed by atoms with E-state index in [0.717, 1.165) is 25.1 Å². The second kappa shape index (κ2) is 7.71. The number of nitrogens with one attached hydrogen (secondary N) is 2. The fraction of sp³-hybridized carbons (Fsp3) is 0.500. The molecule has 0 aromatic heterocycles. The molecule has 0 heterocycles. The molecule has 1 aromatic rings. The van der Waals surface area contributed by atoms with E-state index in [4.69, 9.17) is 0 Å². The molecule has 0 saturated carbocycles. The van der Waals surface area contributed by atoms with Crippen LogP contribution < -0.4 is 10.6 Å². The molecule has 0 saturated heterocycles. The summed E-state index contributed by atoms with van der Waals surface area (Å²) in [6.45, 7) is 3.02. The number of hydrogen-bond donors (Lipinski definition) is 2. The minimum absolute atomic E-state index is 0.102. The molecule has 94 valence electrons. The van der Waals surface area contributed by atoms with E-state index in [1.807, 2.05) is 0 Å². The number of rotatable bonds is 7. The largest absolute Gasteiger partial charge is 0.385 e. The van der Waals surface area contributed by atoms with Gasteiger partial charge in [0.1, 0.15) is 0 Å². The van der Waals surface area contributed by atoms with Crippen LogP contribution in [0.1, 0.15) is 31.7 Å². The van der Waals surface area contributed by atoms with Gasteiger partial charge in [0.15, 0.2) is 0 Å². The molecule has 0 unspecified atom stereocenters. The molecule has 0 atom stereocenters. The van der Waals surface area contributed by atoms with Gasteiger partial charge in [0, 0.05) is 25.7 Å². The third kappa shape index (κ3) is 5.38. The Morgan fingerprint density at radius 3 is 2.53 bits per heavy atom. The molecule has 3 heteroatoms. The summed E-state index contributed by atoms with van der Waals surface area (Å²) in [5.74, 6) is 0.102. The van der Waals surface area contributed by atoms with Crippen LogP contribution in [0.3, 0.4) is 0 Å². The topological polar surface area (TPSA) is 41.1 Å². The van der Waals surface area contributed by atoms with Crippen molar-refractivity contribution >= 4 is 11.6 Å². The highest BCUT2D eigenvalue weighted by Crippen LogP contribution is 2.11. The van der Waals surface area contributed by atoms with Crippen LogP contribution in [-0.4, -0.2) is 19.5 Å². The Bertz CT molecular complexity index is 333. The van der Waals surface area contributed by atoms with Gasteiger partial charge in [0.2, 0.25) is 5.91 Å². The lowest BCUT2D eigenvalue weighted by atomic mass is 10.1. The standard InChI is InChI=1S/C14H22N2O/c1-3-5-12-7-9-13(10-8-12)16-11-4-6-14(17)15-2/h7-10,16H,3-6,11H2,1-2H3,(H,15,17). The van der Waals surface area contributed by atoms with Crippen molar-refractivity contribution in [3.63, 3.8) is 0 Å². The summed E-state index contributed by atoms with van der Waals surface area (Å²) in [5.41, 5.74) is 2.50. The van der Waals surface area contributed by atoms with E-state index in [1.165, 1.54) is 12.0 Å². The first-order valence-corrected chi connectivity index (χ1v) is 6.29. The molecule has 0 aliphatic carbocycles. The zero-order chi connectivity index (χ0) is 12.5. The van der Waals surface area contributed by atoms with Crippen molar-refractivity contribution in [3.8, 4) is 0 Å². The molecule has 1 amide bonds. The lowest BCUT2D eigenvalue weighted by Gasteiger charge is -2.07. The predicted molar refractivity (Wildman–Crippen MR) is 72.2 cm³/mol. The van der Waals surface area contributed by atoms with Crippen LogP contribution in [0.4, 0.5) is 5.69 Å². The molecule has 3 nitrogen and oxygen atoms in total. The minimum atomic E-state index is 0.102. The zero-order valence-electron chi connectivity index (χ0n) is 10.8. The molecule has 17 heavy (non-hydrogen) atoms. The van der Waals surface area contributed by atoms with Gasteiger partial charge in [0.05, 0.1) is 0 Å². The first-order valence-electron chi connectivity index (χ1n) is 6.29. The number of carbonyl (C=O) groups is 1. The summed E-state index contributed by atoms with van der Waals surface area (Å²) < 4.78 is 0. The van der Waals surface area contributed by atoms with Crippen molar-refractivity contribution in [3.05, 3.63) is 29.8 Å². The van der Waals surface area contributed by atoms with E-state index in [1.54, 1.807) is 7.05 Å². The molecule has 2 N–H and O–H groups in total. The molecule has 1 rings (SSSR count). The second-order valence-corrected chi connectivity index (χ2v) is 4.15. The molecular weight excluding hydrogens is 212 g/mol. The molecule has 1 aromatic carbocycles. The van der Waals surface area contributed by atoms with E-state index in [0.29, 0.717) is 6.42 Å². The van der Waals surface area contributed by atoms with Crippen LogP contribution >= 0.6 is 0 Å². The molecule has 0 bridgehead atoms. The SMILES string of the molecule is CCCc1ccc(NCCCC(=O)NC)cc1. The van der Waals surface area contributed by atoms with Crippen LogP contribution in [0.15, 0.2) is 24.3 Å². The third-order valence-electron chi connectivity index (χ3n) is 2.68. The van der Waals surface area contributed by atoms with Gasteiger partial charge in [-0.05, 0) is 30.5 Å². The second-order valence-electron chi connectivity index (χ2n) is 4.15. The molecule has 0 radical (unpaired) electrons. The highest BCUT2D eigenvalue weighted by molar-refractivity contribution is 5.75. The van der Waals surface area contributed by atoms with E-state index in [9.17, 15) is 4.79 Å². The van der Waals surface area contributed by atoms with Gasteiger partial charge < -0.3 is 10.6 Å². The lowest BCUT2D eigenvalue weighted by Crippen LogP contribution is -2.18. The molecule has 0 aliphatic heterocycles. The van der Waals surface area contributed by atoms with Gasteiger partial charge in [-0.3, -0.25) is 4.79 Å². The first kappa shape index (κ1) is 13.6. The Labute approximate surface area is 104 Å². The summed E-state index contributed by atoms with van der Waals surface area (Å²) >= 11 is 0. The Balaban J connectivity index is 2.25. The molecule has 0 fully saturated rings. The number of benzene rings is 1. The van der Waals surface area contributed by atoms with Crippen molar-refractivity contribution in [2.45, 2.75) is 32.6 Å². The monoisotopic (exact) mass is 234 g/mol. The smallest absolute Gasteiger partial charge is 0.219 e. The quantitative estimate of drug-likeness (QED) is 0.712. The zero-order valence-corrected chi connectivity index (χ0v) is 10.8. The highest BCUT2D eigenvalue weighted by Gasteiger charge is 1.97. The van der Waals surface area contributed by atoms with Crippen molar-refractivity contribution < 1.29 is 4.79 Å². The van der Waals surface area contributed by atoms with E-state index in [-0.39, 0.29) is 5.91 Å². The van der Waals surface area contributed by atoms with Crippen LogP contribution in [-0.2, 0) is 11.2 Å². The number of amides is 1. The van der Waals surface area contributed by atoms with Crippen LogP contribution in [0.25, 0.3) is 0 Å². The summed E-state index contributed by atoms with van der Waals surface area (Å²) in [4.78, 5) is 11.0. The van der Waals surface area contributed by atoms with Crippen molar-refractivity contribution in [1.82, 2.24) is 5.32 Å². The highest BCUT2D eigenvalue weighted by atomic mass is 16.1. The van der Waals surface area contributed by atoms with Gasteiger partial charge in [-0.2, -0.15) is 0 Å². The van der Waals surface area contributed by atoms with E-state index < -0.39 is 0 Å². The van der Waals surface area contributed by atoms with Gasteiger partial charge in [0.25, 0.3) is 0 Å². The van der Waals surface area contributed by atoms with Gasteiger partial charge in [-0.15, -0.1) is 0 Å². The maximum atomic E-state index is 11.0. The third-order valence-corrected chi connectivity index (χ3v) is 2.68. The number of hydrogen-bond acceptors (Lipinski definition) is 2. The fourth-order valence-electron chi connectivity index (χ4n) is 1.68. The van der Waals surface area contributed by atoms with E-state index in [2.05, 4.69) is 41.8 Å². The van der Waals surface area contributed by atoms with Crippen molar-refractivity contribution in [2.24, 2.45) is 0 Å². The Morgan fingerprint density at radius 2 is 1.94 bits per heavy atom. The average molecular weight is 234 g/mol. The fourth-order valence-corrected chi connectivity index (χ4v) is 1.68. The van der Waals surface area contributed by atoms with Crippen molar-refractivity contribution in [2.75, 3.05) is 18.9 Å². The maximum absolute atomic E-state index is 11.0.